The quantitative estimate of drug-likeness (QED) is 0.196. The summed E-state index contributed by atoms with van der Waals surface area (Å²) >= 11 is -3.55. The SMILES string of the molecule is CC(C)(C)c1ccc(I(OC(=O)C2(F)C=C(O)C(O)(F)C(F)(OF)C2(F)c2ccccc2)c2ccc(C(C)(C)C)cc2)cc1. The molecule has 1 aliphatic rings. The van der Waals surface area contributed by atoms with Gasteiger partial charge in [0, 0.05) is 0 Å². The first-order chi connectivity index (χ1) is 20.2. The van der Waals surface area contributed by atoms with Crippen LogP contribution in [0.25, 0.3) is 0 Å². The van der Waals surface area contributed by atoms with Crippen LogP contribution >= 0.6 is 20.2 Å². The number of carbonyl (C=O) groups is 1. The molecule has 4 rings (SSSR count). The fraction of sp³-hybridized carbons (Fsp3) is 0.364. The topological polar surface area (TPSA) is 76.0 Å². The van der Waals surface area contributed by atoms with Gasteiger partial charge in [-0.1, -0.05) is 0 Å². The molecule has 5 nitrogen and oxygen atoms in total. The first-order valence-corrected chi connectivity index (χ1v) is 16.7. The summed E-state index contributed by atoms with van der Waals surface area (Å²) in [6, 6.07) is 18.9. The summed E-state index contributed by atoms with van der Waals surface area (Å²) in [5.74, 6) is -14.5. The molecule has 1 aliphatic carbocycles. The Kier molecular flexibility index (Phi) is 8.77. The van der Waals surface area contributed by atoms with Gasteiger partial charge in [-0.05, 0) is 0 Å². The molecule has 0 radical (unpaired) electrons. The molecule has 3 aromatic rings. The van der Waals surface area contributed by atoms with Crippen LogP contribution in [-0.4, -0.2) is 33.6 Å². The average Bonchev–Trinajstić information content (AvgIpc) is 2.97. The van der Waals surface area contributed by atoms with E-state index in [1.54, 1.807) is 48.5 Å². The van der Waals surface area contributed by atoms with E-state index in [4.69, 9.17) is 3.07 Å². The zero-order chi connectivity index (χ0) is 32.9. The zero-order valence-electron chi connectivity index (χ0n) is 25.0. The van der Waals surface area contributed by atoms with Crippen molar-refractivity contribution in [2.24, 2.45) is 0 Å². The molecule has 0 spiro atoms. The maximum atomic E-state index is 17.0. The van der Waals surface area contributed by atoms with Crippen molar-refractivity contribution in [1.82, 2.24) is 0 Å². The molecule has 0 fully saturated rings. The van der Waals surface area contributed by atoms with Crippen LogP contribution in [-0.2, 0) is 29.3 Å². The van der Waals surface area contributed by atoms with Crippen LogP contribution in [0.3, 0.4) is 0 Å². The van der Waals surface area contributed by atoms with Gasteiger partial charge in [-0.25, -0.2) is 0 Å². The van der Waals surface area contributed by atoms with Crippen LogP contribution in [0.4, 0.5) is 22.1 Å². The molecule has 0 saturated carbocycles. The van der Waals surface area contributed by atoms with Gasteiger partial charge in [0.2, 0.25) is 0 Å². The van der Waals surface area contributed by atoms with E-state index in [9.17, 15) is 19.5 Å². The molecule has 0 aromatic heterocycles. The summed E-state index contributed by atoms with van der Waals surface area (Å²) in [5, 5.41) is 20.1. The second kappa shape index (κ2) is 11.4. The van der Waals surface area contributed by atoms with E-state index in [1.807, 2.05) is 41.5 Å². The minimum absolute atomic E-state index is 0.237. The molecule has 0 saturated heterocycles. The molecule has 4 unspecified atom stereocenters. The summed E-state index contributed by atoms with van der Waals surface area (Å²) in [7, 11) is 0. The Labute approximate surface area is 260 Å². The van der Waals surface area contributed by atoms with Gasteiger partial charge in [0.1, 0.15) is 0 Å². The molecule has 44 heavy (non-hydrogen) atoms. The number of aliphatic hydroxyl groups excluding tert-OH is 1. The number of hydrogen-bond donors (Lipinski definition) is 2. The summed E-state index contributed by atoms with van der Waals surface area (Å²) in [6.45, 7) is 11.9. The third-order valence-corrected chi connectivity index (χ3v) is 12.1. The van der Waals surface area contributed by atoms with E-state index in [0.29, 0.717) is 7.14 Å². The zero-order valence-corrected chi connectivity index (χ0v) is 27.1. The van der Waals surface area contributed by atoms with Crippen LogP contribution < -0.4 is 0 Å². The second-order valence-corrected chi connectivity index (χ2v) is 17.0. The van der Waals surface area contributed by atoms with Crippen molar-refractivity contribution in [3.63, 3.8) is 0 Å². The number of halogens is 6. The summed E-state index contributed by atoms with van der Waals surface area (Å²) in [6.07, 6.45) is -0.348. The van der Waals surface area contributed by atoms with Crippen molar-refractivity contribution in [3.8, 4) is 0 Å². The van der Waals surface area contributed by atoms with Crippen LogP contribution in [0.1, 0.15) is 58.2 Å². The van der Waals surface area contributed by atoms with Crippen molar-refractivity contribution in [1.29, 1.82) is 0 Å². The van der Waals surface area contributed by atoms with Crippen molar-refractivity contribution in [3.05, 3.63) is 115 Å². The summed E-state index contributed by atoms with van der Waals surface area (Å²) in [5.41, 5.74) is -8.86. The summed E-state index contributed by atoms with van der Waals surface area (Å²) in [4.78, 5) is 16.7. The van der Waals surface area contributed by atoms with Crippen molar-refractivity contribution >= 4 is 26.2 Å². The third-order valence-electron chi connectivity index (χ3n) is 7.58. The van der Waals surface area contributed by atoms with Crippen molar-refractivity contribution in [2.45, 2.75) is 75.4 Å². The van der Waals surface area contributed by atoms with E-state index in [2.05, 4.69) is 4.94 Å². The van der Waals surface area contributed by atoms with Gasteiger partial charge in [-0.15, -0.1) is 0 Å². The second-order valence-electron chi connectivity index (χ2n) is 12.7. The van der Waals surface area contributed by atoms with Crippen LogP contribution in [0.5, 0.6) is 0 Å². The molecular weight excluding hydrogens is 698 g/mol. The van der Waals surface area contributed by atoms with Gasteiger partial charge in [0.15, 0.2) is 0 Å². The van der Waals surface area contributed by atoms with Crippen molar-refractivity contribution in [2.75, 3.05) is 0 Å². The first-order valence-electron chi connectivity index (χ1n) is 13.6. The van der Waals surface area contributed by atoms with E-state index in [-0.39, 0.29) is 16.9 Å². The molecular formula is C33H34F5IO5. The van der Waals surface area contributed by atoms with E-state index >= 15 is 17.6 Å². The van der Waals surface area contributed by atoms with Gasteiger partial charge in [0.25, 0.3) is 0 Å². The van der Waals surface area contributed by atoms with Gasteiger partial charge in [0.05, 0.1) is 0 Å². The average molecular weight is 733 g/mol. The molecule has 0 heterocycles. The standard InChI is InChI=1S/C33H34F5IO5/c1-28(2,3)21-12-16-24(17-13-21)39(25-18-14-22(15-19-25)29(4,5)6)43-27(41)30(34)20-26(40)32(36,42)33(37,44-38)31(30,35)23-10-8-7-9-11-23/h7-20,40,42H,1-6H3. The monoisotopic (exact) mass is 732 g/mol. The fourth-order valence-corrected chi connectivity index (χ4v) is 8.82. The third kappa shape index (κ3) is 5.40. The Balaban J connectivity index is 1.90. The van der Waals surface area contributed by atoms with Gasteiger partial charge < -0.3 is 0 Å². The maximum absolute atomic E-state index is 17.0. The molecule has 2 N–H and O–H groups in total. The normalized spacial score (nSPS) is 27.8. The molecule has 0 bridgehead atoms. The number of rotatable bonds is 6. The number of alkyl halides is 4. The Morgan fingerprint density at radius 3 is 1.57 bits per heavy atom. The Morgan fingerprint density at radius 2 is 1.18 bits per heavy atom. The van der Waals surface area contributed by atoms with Gasteiger partial charge >= 0.3 is 261 Å². The molecule has 0 amide bonds. The molecule has 3 aromatic carbocycles. The Bertz CT molecular complexity index is 1480. The minimum atomic E-state index is -5.28. The fourth-order valence-electron chi connectivity index (χ4n) is 4.85. The Hall–Kier alpha value is -3.03. The molecule has 0 aliphatic heterocycles. The molecule has 238 valence electrons. The number of carbonyl (C=O) groups excluding carboxylic acids is 1. The van der Waals surface area contributed by atoms with E-state index in [0.717, 1.165) is 35.4 Å². The van der Waals surface area contributed by atoms with E-state index in [1.165, 1.54) is 6.07 Å². The molecule has 4 atom stereocenters. The summed E-state index contributed by atoms with van der Waals surface area (Å²) < 4.78 is 85.5. The van der Waals surface area contributed by atoms with Gasteiger partial charge in [-0.2, -0.15) is 0 Å². The molecule has 11 heteroatoms. The van der Waals surface area contributed by atoms with Crippen molar-refractivity contribution < 1.29 is 45.1 Å². The van der Waals surface area contributed by atoms with Crippen LogP contribution in [0, 0.1) is 7.14 Å². The van der Waals surface area contributed by atoms with E-state index < -0.39 is 60.6 Å². The number of benzene rings is 3. The predicted molar refractivity (Wildman–Crippen MR) is 164 cm³/mol. The van der Waals surface area contributed by atoms with Crippen LogP contribution in [0.15, 0.2) is 90.7 Å². The number of aliphatic hydroxyl groups is 2. The Morgan fingerprint density at radius 1 is 0.750 bits per heavy atom. The van der Waals surface area contributed by atoms with Gasteiger partial charge in [-0.3, -0.25) is 0 Å². The van der Waals surface area contributed by atoms with Crippen LogP contribution in [0.2, 0.25) is 0 Å². The number of hydrogen-bond acceptors (Lipinski definition) is 5. The first kappa shape index (κ1) is 33.9. The predicted octanol–water partition coefficient (Wildman–Crippen LogP) is 8.54.